The van der Waals surface area contributed by atoms with Crippen molar-refractivity contribution in [3.05, 3.63) is 52.3 Å². The van der Waals surface area contributed by atoms with Gasteiger partial charge in [-0.2, -0.15) is 0 Å². The summed E-state index contributed by atoms with van der Waals surface area (Å²) >= 11 is 0. The predicted octanol–water partition coefficient (Wildman–Crippen LogP) is 2.13. The fraction of sp³-hybridized carbons (Fsp3) is 0.0714. The van der Waals surface area contributed by atoms with E-state index in [-0.39, 0.29) is 11.1 Å². The molecule has 94 valence electrons. The summed E-state index contributed by atoms with van der Waals surface area (Å²) in [5.41, 5.74) is 0.773. The number of rotatable bonds is 1. The van der Waals surface area contributed by atoms with Crippen molar-refractivity contribution >= 4 is 28.0 Å². The Hall–Kier alpha value is -2.69. The van der Waals surface area contributed by atoms with Crippen molar-refractivity contribution in [1.82, 2.24) is 4.98 Å². The van der Waals surface area contributed by atoms with Crippen LogP contribution in [0.5, 0.6) is 0 Å². The summed E-state index contributed by atoms with van der Waals surface area (Å²) in [6.45, 7) is 0. The highest BCUT2D eigenvalue weighted by Crippen LogP contribution is 2.18. The van der Waals surface area contributed by atoms with Crippen LogP contribution in [0.3, 0.4) is 0 Å². The summed E-state index contributed by atoms with van der Waals surface area (Å²) in [4.78, 5) is 27.8. The Morgan fingerprint density at radius 1 is 1.26 bits per heavy atom. The molecule has 0 unspecified atom stereocenters. The molecule has 19 heavy (non-hydrogen) atoms. The molecule has 5 heteroatoms. The minimum atomic E-state index is -0.493. The molecule has 3 aromatic rings. The summed E-state index contributed by atoms with van der Waals surface area (Å²) in [6.07, 6.45) is 1.56. The van der Waals surface area contributed by atoms with E-state index in [2.05, 4.69) is 9.72 Å². The van der Waals surface area contributed by atoms with E-state index in [0.29, 0.717) is 21.9 Å². The number of aromatic nitrogens is 1. The lowest BCUT2D eigenvalue weighted by molar-refractivity contribution is 0.0601. The Labute approximate surface area is 107 Å². The Morgan fingerprint density at radius 2 is 2.11 bits per heavy atom. The van der Waals surface area contributed by atoms with Crippen molar-refractivity contribution in [1.29, 1.82) is 0 Å². The maximum atomic E-state index is 12.3. The van der Waals surface area contributed by atoms with Crippen LogP contribution < -0.4 is 5.43 Å². The third kappa shape index (κ3) is 1.76. The second-order valence-corrected chi connectivity index (χ2v) is 3.99. The summed E-state index contributed by atoms with van der Waals surface area (Å²) < 4.78 is 10.2. The van der Waals surface area contributed by atoms with Crippen LogP contribution in [-0.2, 0) is 4.74 Å². The molecule has 2 aromatic heterocycles. The number of carbonyl (C=O) groups excluding carboxylic acids is 1. The molecule has 5 nitrogen and oxygen atoms in total. The second kappa shape index (κ2) is 4.20. The molecule has 2 heterocycles. The third-order valence-electron chi connectivity index (χ3n) is 2.87. The number of fused-ring (bicyclic) bond motifs is 2. The summed E-state index contributed by atoms with van der Waals surface area (Å²) in [7, 11) is 1.29. The van der Waals surface area contributed by atoms with Gasteiger partial charge in [0.1, 0.15) is 5.58 Å². The van der Waals surface area contributed by atoms with E-state index < -0.39 is 5.97 Å². The van der Waals surface area contributed by atoms with Crippen LogP contribution in [0.2, 0.25) is 0 Å². The molecule has 0 aliphatic rings. The van der Waals surface area contributed by atoms with Crippen molar-refractivity contribution in [2.75, 3.05) is 7.11 Å². The SMILES string of the molecule is COC(=O)c1ccc2oc3ncccc3c(=O)c2c1. The average molecular weight is 255 g/mol. The molecule has 0 aliphatic carbocycles. The molecule has 0 radical (unpaired) electrons. The van der Waals surface area contributed by atoms with Crippen LogP contribution in [0, 0.1) is 0 Å². The lowest BCUT2D eigenvalue weighted by atomic mass is 10.1. The van der Waals surface area contributed by atoms with Crippen molar-refractivity contribution in [2.24, 2.45) is 0 Å². The zero-order chi connectivity index (χ0) is 13.4. The van der Waals surface area contributed by atoms with E-state index in [1.54, 1.807) is 30.5 Å². The van der Waals surface area contributed by atoms with Gasteiger partial charge in [-0.05, 0) is 30.3 Å². The van der Waals surface area contributed by atoms with Gasteiger partial charge in [0.05, 0.1) is 23.4 Å². The van der Waals surface area contributed by atoms with Crippen LogP contribution in [0.1, 0.15) is 10.4 Å². The Morgan fingerprint density at radius 3 is 2.89 bits per heavy atom. The molecule has 0 saturated carbocycles. The minimum absolute atomic E-state index is 0.213. The van der Waals surface area contributed by atoms with E-state index in [4.69, 9.17) is 4.42 Å². The normalized spacial score (nSPS) is 10.8. The molecular formula is C14H9NO4. The van der Waals surface area contributed by atoms with Gasteiger partial charge >= 0.3 is 5.97 Å². The van der Waals surface area contributed by atoms with Crippen molar-refractivity contribution in [3.8, 4) is 0 Å². The smallest absolute Gasteiger partial charge is 0.337 e. The van der Waals surface area contributed by atoms with Gasteiger partial charge in [0.15, 0.2) is 0 Å². The van der Waals surface area contributed by atoms with Crippen molar-refractivity contribution in [3.63, 3.8) is 0 Å². The van der Waals surface area contributed by atoms with Crippen LogP contribution in [-0.4, -0.2) is 18.1 Å². The first kappa shape index (κ1) is 11.4. The highest BCUT2D eigenvalue weighted by atomic mass is 16.5. The fourth-order valence-electron chi connectivity index (χ4n) is 1.94. The van der Waals surface area contributed by atoms with E-state index in [0.717, 1.165) is 0 Å². The zero-order valence-corrected chi connectivity index (χ0v) is 10.0. The van der Waals surface area contributed by atoms with Gasteiger partial charge in [0.25, 0.3) is 0 Å². The molecule has 0 amide bonds. The number of esters is 1. The summed E-state index contributed by atoms with van der Waals surface area (Å²) in [6, 6.07) is 7.89. The Balaban J connectivity index is 2.40. The maximum Gasteiger partial charge on any atom is 0.337 e. The number of ether oxygens (including phenoxy) is 1. The number of hydrogen-bond donors (Lipinski definition) is 0. The van der Waals surface area contributed by atoms with Gasteiger partial charge in [0, 0.05) is 6.20 Å². The molecule has 3 rings (SSSR count). The third-order valence-corrected chi connectivity index (χ3v) is 2.87. The van der Waals surface area contributed by atoms with Gasteiger partial charge in [-0.3, -0.25) is 4.79 Å². The predicted molar refractivity (Wildman–Crippen MR) is 69.1 cm³/mol. The Kier molecular flexibility index (Phi) is 2.52. The molecule has 0 bridgehead atoms. The van der Waals surface area contributed by atoms with E-state index in [1.165, 1.54) is 13.2 Å². The topological polar surface area (TPSA) is 69.4 Å². The zero-order valence-electron chi connectivity index (χ0n) is 10.0. The first-order valence-corrected chi connectivity index (χ1v) is 5.60. The quantitative estimate of drug-likeness (QED) is 0.492. The van der Waals surface area contributed by atoms with Crippen LogP contribution in [0.25, 0.3) is 22.1 Å². The van der Waals surface area contributed by atoms with E-state index in [9.17, 15) is 9.59 Å². The minimum Gasteiger partial charge on any atom is -0.465 e. The second-order valence-electron chi connectivity index (χ2n) is 3.99. The van der Waals surface area contributed by atoms with Gasteiger partial charge in [0.2, 0.25) is 11.1 Å². The molecule has 1 aromatic carbocycles. The van der Waals surface area contributed by atoms with Crippen molar-refractivity contribution < 1.29 is 13.9 Å². The first-order chi connectivity index (χ1) is 9.20. The number of benzene rings is 1. The standard InChI is InChI=1S/C14H9NO4/c1-18-14(17)8-4-5-11-10(7-8)12(16)9-3-2-6-15-13(9)19-11/h2-7H,1H3. The summed E-state index contributed by atoms with van der Waals surface area (Å²) in [5, 5.41) is 0.723. The first-order valence-electron chi connectivity index (χ1n) is 5.60. The van der Waals surface area contributed by atoms with E-state index >= 15 is 0 Å². The maximum absolute atomic E-state index is 12.3. The molecule has 0 atom stereocenters. The van der Waals surface area contributed by atoms with Crippen LogP contribution in [0.15, 0.2) is 45.7 Å². The molecule has 0 spiro atoms. The number of pyridine rings is 1. The number of methoxy groups -OCH3 is 1. The van der Waals surface area contributed by atoms with Gasteiger partial charge in [-0.1, -0.05) is 0 Å². The molecule has 0 fully saturated rings. The van der Waals surface area contributed by atoms with Crippen LogP contribution >= 0.6 is 0 Å². The molecular weight excluding hydrogens is 246 g/mol. The largest absolute Gasteiger partial charge is 0.465 e. The molecule has 0 saturated heterocycles. The highest BCUT2D eigenvalue weighted by molar-refractivity contribution is 5.96. The van der Waals surface area contributed by atoms with Gasteiger partial charge in [-0.15, -0.1) is 0 Å². The average Bonchev–Trinajstić information content (AvgIpc) is 2.46. The Bertz CT molecular complexity index is 851. The number of carbonyl (C=O) groups is 1. The lowest BCUT2D eigenvalue weighted by Gasteiger charge is -2.02. The number of nitrogens with zero attached hydrogens (tertiary/aromatic N) is 1. The number of hydrogen-bond acceptors (Lipinski definition) is 5. The van der Waals surface area contributed by atoms with Gasteiger partial charge in [-0.25, -0.2) is 9.78 Å². The fourth-order valence-corrected chi connectivity index (χ4v) is 1.94. The molecule has 0 aliphatic heterocycles. The monoisotopic (exact) mass is 255 g/mol. The highest BCUT2D eigenvalue weighted by Gasteiger charge is 2.11. The van der Waals surface area contributed by atoms with Gasteiger partial charge < -0.3 is 9.15 Å². The van der Waals surface area contributed by atoms with Crippen LogP contribution in [0.4, 0.5) is 0 Å². The summed E-state index contributed by atoms with van der Waals surface area (Å²) in [5.74, 6) is -0.493. The van der Waals surface area contributed by atoms with Crippen molar-refractivity contribution in [2.45, 2.75) is 0 Å². The van der Waals surface area contributed by atoms with E-state index in [1.807, 2.05) is 0 Å². The molecule has 0 N–H and O–H groups in total. The lowest BCUT2D eigenvalue weighted by Crippen LogP contribution is -2.06.